The van der Waals surface area contributed by atoms with Crippen LogP contribution in [0.1, 0.15) is 37.2 Å². The predicted octanol–water partition coefficient (Wildman–Crippen LogP) is 2.08. The van der Waals surface area contributed by atoms with Gasteiger partial charge >= 0.3 is 12.1 Å². The lowest BCUT2D eigenvalue weighted by atomic mass is 9.95. The van der Waals surface area contributed by atoms with Crippen molar-refractivity contribution in [3.05, 3.63) is 17.7 Å². The molecule has 5 nitrogen and oxygen atoms in total. The monoisotopic (exact) mass is 291 g/mol. The molecular weight excluding hydrogens is 275 g/mol. The number of H-pyrrole nitrogens is 1. The predicted molar refractivity (Wildman–Crippen MR) is 64.2 cm³/mol. The van der Waals surface area contributed by atoms with Crippen LogP contribution in [0.25, 0.3) is 0 Å². The Kier molecular flexibility index (Phi) is 4.03. The molecule has 1 aliphatic rings. The highest BCUT2D eigenvalue weighted by Gasteiger charge is 2.34. The molecule has 2 heterocycles. The zero-order valence-electron chi connectivity index (χ0n) is 10.9. The van der Waals surface area contributed by atoms with Gasteiger partial charge in [0.1, 0.15) is 17.6 Å². The number of likely N-dealkylation sites (tertiary alicyclic amines) is 1. The number of halogens is 3. The Bertz CT molecular complexity index is 479. The van der Waals surface area contributed by atoms with Gasteiger partial charge in [0.25, 0.3) is 0 Å². The fourth-order valence-corrected chi connectivity index (χ4v) is 2.40. The van der Waals surface area contributed by atoms with E-state index in [1.807, 2.05) is 4.90 Å². The molecule has 0 amide bonds. The van der Waals surface area contributed by atoms with Crippen molar-refractivity contribution in [2.75, 3.05) is 13.1 Å². The first-order valence-corrected chi connectivity index (χ1v) is 6.38. The van der Waals surface area contributed by atoms with E-state index in [-0.39, 0.29) is 5.92 Å². The quantitative estimate of drug-likeness (QED) is 0.894. The van der Waals surface area contributed by atoms with Crippen molar-refractivity contribution in [2.24, 2.45) is 0 Å². The Morgan fingerprint density at radius 1 is 1.50 bits per heavy atom. The molecule has 112 valence electrons. The first-order valence-electron chi connectivity index (χ1n) is 6.38. The minimum Gasteiger partial charge on any atom is -0.480 e. The molecule has 20 heavy (non-hydrogen) atoms. The maximum atomic E-state index is 12.5. The summed E-state index contributed by atoms with van der Waals surface area (Å²) in [5.74, 6) is -0.635. The van der Waals surface area contributed by atoms with Crippen molar-refractivity contribution in [1.29, 1.82) is 0 Å². The molecule has 0 aliphatic carbocycles. The van der Waals surface area contributed by atoms with E-state index in [2.05, 4.69) is 9.97 Å². The minimum atomic E-state index is -4.41. The van der Waals surface area contributed by atoms with Crippen LogP contribution in [0, 0.1) is 0 Å². The van der Waals surface area contributed by atoms with E-state index < -0.39 is 23.9 Å². The van der Waals surface area contributed by atoms with Gasteiger partial charge in [-0.1, -0.05) is 0 Å². The van der Waals surface area contributed by atoms with Crippen molar-refractivity contribution in [3.8, 4) is 0 Å². The molecule has 2 rings (SSSR count). The molecule has 1 atom stereocenters. The van der Waals surface area contributed by atoms with Crippen LogP contribution in [-0.4, -0.2) is 45.1 Å². The molecule has 1 saturated heterocycles. The zero-order valence-corrected chi connectivity index (χ0v) is 10.9. The number of carbonyl (C=O) groups is 1. The van der Waals surface area contributed by atoms with E-state index in [0.717, 1.165) is 6.20 Å². The fraction of sp³-hybridized carbons (Fsp3) is 0.667. The van der Waals surface area contributed by atoms with Crippen LogP contribution in [0.4, 0.5) is 13.2 Å². The molecule has 0 aromatic carbocycles. The standard InChI is InChI=1S/C12H16F3N3O2/c1-7(11(19)20)18-4-2-8(3-5-18)10-16-6-9(17-10)12(13,14)15/h6-8H,2-5H2,1H3,(H,16,17)(H,19,20). The zero-order chi connectivity index (χ0) is 14.9. The number of imidazole rings is 1. The second-order valence-electron chi connectivity index (χ2n) is 5.00. The number of nitrogens with one attached hydrogen (secondary N) is 1. The number of rotatable bonds is 3. The maximum absolute atomic E-state index is 12.5. The van der Waals surface area contributed by atoms with Crippen LogP contribution < -0.4 is 0 Å². The van der Waals surface area contributed by atoms with Crippen molar-refractivity contribution < 1.29 is 23.1 Å². The highest BCUT2D eigenvalue weighted by molar-refractivity contribution is 5.72. The number of carboxylic acid groups (broad SMARTS) is 1. The van der Waals surface area contributed by atoms with Gasteiger partial charge in [-0.3, -0.25) is 9.69 Å². The molecule has 1 fully saturated rings. The number of aromatic nitrogens is 2. The van der Waals surface area contributed by atoms with E-state index in [1.54, 1.807) is 6.92 Å². The van der Waals surface area contributed by atoms with Crippen LogP contribution in [0.5, 0.6) is 0 Å². The van der Waals surface area contributed by atoms with Gasteiger partial charge in [-0.2, -0.15) is 13.2 Å². The Balaban J connectivity index is 1.97. The van der Waals surface area contributed by atoms with Gasteiger partial charge in [0.05, 0.1) is 6.20 Å². The number of hydrogen-bond donors (Lipinski definition) is 2. The lowest BCUT2D eigenvalue weighted by molar-refractivity contribution is -0.143. The highest BCUT2D eigenvalue weighted by atomic mass is 19.4. The van der Waals surface area contributed by atoms with E-state index in [9.17, 15) is 18.0 Å². The molecule has 1 aromatic heterocycles. The van der Waals surface area contributed by atoms with Gasteiger partial charge < -0.3 is 10.1 Å². The van der Waals surface area contributed by atoms with Gasteiger partial charge in [-0.05, 0) is 32.9 Å². The summed E-state index contributed by atoms with van der Waals surface area (Å²) < 4.78 is 37.4. The van der Waals surface area contributed by atoms with Gasteiger partial charge in [0.2, 0.25) is 0 Å². The van der Waals surface area contributed by atoms with E-state index in [4.69, 9.17) is 5.11 Å². The van der Waals surface area contributed by atoms with Crippen LogP contribution in [0.3, 0.4) is 0 Å². The van der Waals surface area contributed by atoms with Crippen LogP contribution in [0.2, 0.25) is 0 Å². The Morgan fingerprint density at radius 3 is 2.55 bits per heavy atom. The highest BCUT2D eigenvalue weighted by Crippen LogP contribution is 2.31. The summed E-state index contributed by atoms with van der Waals surface area (Å²) in [6.45, 7) is 2.69. The number of nitrogens with zero attached hydrogens (tertiary/aromatic N) is 2. The smallest absolute Gasteiger partial charge is 0.432 e. The summed E-state index contributed by atoms with van der Waals surface area (Å²) in [6.07, 6.45) is -2.41. The lowest BCUT2D eigenvalue weighted by Crippen LogP contribution is -2.43. The number of carboxylic acids is 1. The van der Waals surface area contributed by atoms with Gasteiger partial charge in [0.15, 0.2) is 0 Å². The third-order valence-electron chi connectivity index (χ3n) is 3.72. The summed E-state index contributed by atoms with van der Waals surface area (Å²) in [5.41, 5.74) is -0.839. The minimum absolute atomic E-state index is 0.0802. The molecule has 2 N–H and O–H groups in total. The first kappa shape index (κ1) is 14.8. The van der Waals surface area contributed by atoms with Crippen LogP contribution in [0.15, 0.2) is 6.20 Å². The molecule has 1 aromatic rings. The second kappa shape index (κ2) is 5.43. The summed E-state index contributed by atoms with van der Waals surface area (Å²) in [4.78, 5) is 18.8. The molecule has 0 bridgehead atoms. The molecule has 1 aliphatic heterocycles. The number of aliphatic carboxylic acids is 1. The average Bonchev–Trinajstić information content (AvgIpc) is 2.87. The number of alkyl halides is 3. The number of hydrogen-bond acceptors (Lipinski definition) is 3. The molecule has 8 heteroatoms. The first-order chi connectivity index (χ1) is 9.29. The Hall–Kier alpha value is -1.57. The van der Waals surface area contributed by atoms with Crippen molar-refractivity contribution in [1.82, 2.24) is 14.9 Å². The lowest BCUT2D eigenvalue weighted by Gasteiger charge is -2.33. The van der Waals surface area contributed by atoms with Gasteiger partial charge in [-0.25, -0.2) is 4.98 Å². The SMILES string of the molecule is CC(C(=O)O)N1CCC(c2ncc(C(F)(F)F)[nH]2)CC1. The molecular formula is C12H16F3N3O2. The summed E-state index contributed by atoms with van der Waals surface area (Å²) >= 11 is 0. The normalized spacial score (nSPS) is 20.0. The molecule has 0 spiro atoms. The van der Waals surface area contributed by atoms with Gasteiger partial charge in [-0.15, -0.1) is 0 Å². The molecule has 0 saturated carbocycles. The van der Waals surface area contributed by atoms with Gasteiger partial charge in [0, 0.05) is 5.92 Å². The third-order valence-corrected chi connectivity index (χ3v) is 3.72. The fourth-order valence-electron chi connectivity index (χ4n) is 2.40. The molecule has 0 radical (unpaired) electrons. The van der Waals surface area contributed by atoms with Crippen molar-refractivity contribution in [3.63, 3.8) is 0 Å². The van der Waals surface area contributed by atoms with Crippen molar-refractivity contribution in [2.45, 2.75) is 37.9 Å². The summed E-state index contributed by atoms with van der Waals surface area (Å²) in [5, 5.41) is 8.92. The Labute approximate surface area is 113 Å². The third kappa shape index (κ3) is 3.12. The van der Waals surface area contributed by atoms with E-state index >= 15 is 0 Å². The number of aromatic amines is 1. The molecule has 1 unspecified atom stereocenters. The van der Waals surface area contributed by atoms with E-state index in [1.165, 1.54) is 0 Å². The number of piperidine rings is 1. The summed E-state index contributed by atoms with van der Waals surface area (Å²) in [7, 11) is 0. The van der Waals surface area contributed by atoms with Crippen molar-refractivity contribution >= 4 is 5.97 Å². The van der Waals surface area contributed by atoms with E-state index in [0.29, 0.717) is 31.8 Å². The largest absolute Gasteiger partial charge is 0.480 e. The maximum Gasteiger partial charge on any atom is 0.432 e. The van der Waals surface area contributed by atoms with Crippen LogP contribution >= 0.6 is 0 Å². The Morgan fingerprint density at radius 2 is 2.10 bits per heavy atom. The second-order valence-corrected chi connectivity index (χ2v) is 5.00. The van der Waals surface area contributed by atoms with Crippen LogP contribution in [-0.2, 0) is 11.0 Å². The average molecular weight is 291 g/mol. The summed E-state index contributed by atoms with van der Waals surface area (Å²) in [6, 6.07) is -0.571. The topological polar surface area (TPSA) is 69.2 Å².